The first-order valence-electron chi connectivity index (χ1n) is 11.6. The van der Waals surface area contributed by atoms with Crippen molar-refractivity contribution in [1.29, 1.82) is 0 Å². The van der Waals surface area contributed by atoms with E-state index in [-0.39, 0.29) is 12.5 Å². The van der Waals surface area contributed by atoms with Crippen LogP contribution in [0.15, 0.2) is 24.3 Å². The van der Waals surface area contributed by atoms with Gasteiger partial charge in [0.05, 0.1) is 0 Å². The maximum absolute atomic E-state index is 6.40. The van der Waals surface area contributed by atoms with Crippen molar-refractivity contribution >= 4 is 0 Å². The fourth-order valence-electron chi connectivity index (χ4n) is 3.60. The zero-order valence-corrected chi connectivity index (χ0v) is 19.1. The lowest BCUT2D eigenvalue weighted by Crippen LogP contribution is -2.38. The predicted octanol–water partition coefficient (Wildman–Crippen LogP) is 5.15. The van der Waals surface area contributed by atoms with Gasteiger partial charge in [-0.2, -0.15) is 0 Å². The second-order valence-electron chi connectivity index (χ2n) is 8.19. The Morgan fingerprint density at radius 2 is 1.31 bits per heavy atom. The van der Waals surface area contributed by atoms with Gasteiger partial charge in [-0.15, -0.1) is 0 Å². The van der Waals surface area contributed by atoms with Crippen LogP contribution in [0.3, 0.4) is 0 Å². The van der Waals surface area contributed by atoms with Crippen LogP contribution < -0.4 is 9.47 Å². The quantitative estimate of drug-likeness (QED) is 0.596. The van der Waals surface area contributed by atoms with Gasteiger partial charge >= 0.3 is 0 Å². The van der Waals surface area contributed by atoms with Crippen LogP contribution in [0.4, 0.5) is 0 Å². The Morgan fingerprint density at radius 1 is 0.828 bits per heavy atom. The molecule has 1 aliphatic heterocycles. The topological polar surface area (TPSA) is 34.2 Å². The second-order valence-corrected chi connectivity index (χ2v) is 8.19. The number of benzene rings is 1. The highest BCUT2D eigenvalue weighted by molar-refractivity contribution is 5.33. The Labute approximate surface area is 178 Å². The Morgan fingerprint density at radius 3 is 1.76 bits per heavy atom. The highest BCUT2D eigenvalue weighted by atomic mass is 16.5. The first kappa shape index (κ1) is 24.0. The van der Waals surface area contributed by atoms with E-state index in [1.165, 1.54) is 25.7 Å². The van der Waals surface area contributed by atoms with E-state index in [0.717, 1.165) is 63.5 Å². The summed E-state index contributed by atoms with van der Waals surface area (Å²) in [5.41, 5.74) is 0. The monoisotopic (exact) mass is 406 g/mol. The molecule has 29 heavy (non-hydrogen) atoms. The van der Waals surface area contributed by atoms with Gasteiger partial charge in [0.15, 0.2) is 12.5 Å². The molecule has 0 saturated carbocycles. The molecule has 1 aromatic carbocycles. The van der Waals surface area contributed by atoms with Gasteiger partial charge in [0.25, 0.3) is 0 Å². The average Bonchev–Trinajstić information content (AvgIpc) is 2.73. The molecular formula is C24H42N2O3. The Bertz CT molecular complexity index is 511. The summed E-state index contributed by atoms with van der Waals surface area (Å²) < 4.78 is 18.7. The molecule has 166 valence electrons. The summed E-state index contributed by atoms with van der Waals surface area (Å²) in [6.45, 7) is 8.12. The van der Waals surface area contributed by atoms with Gasteiger partial charge in [0.2, 0.25) is 0 Å². The maximum Gasteiger partial charge on any atom is 0.152 e. The largest absolute Gasteiger partial charge is 0.475 e. The van der Waals surface area contributed by atoms with Crippen LogP contribution in [-0.4, -0.2) is 62.7 Å². The minimum Gasteiger partial charge on any atom is -0.475 e. The van der Waals surface area contributed by atoms with E-state index >= 15 is 0 Å². The fourth-order valence-corrected chi connectivity index (χ4v) is 3.60. The molecule has 2 rings (SSSR count). The summed E-state index contributed by atoms with van der Waals surface area (Å²) in [7, 11) is 4.31. The van der Waals surface area contributed by atoms with Gasteiger partial charge in [-0.3, -0.25) is 9.80 Å². The van der Waals surface area contributed by atoms with E-state index in [0.29, 0.717) is 0 Å². The van der Waals surface area contributed by atoms with Crippen LogP contribution in [0.2, 0.25) is 0 Å². The number of ether oxygens (including phenoxy) is 3. The van der Waals surface area contributed by atoms with Crippen molar-refractivity contribution in [3.05, 3.63) is 24.3 Å². The van der Waals surface area contributed by atoms with Crippen molar-refractivity contribution in [2.45, 2.75) is 77.7 Å². The molecule has 0 amide bonds. The Hall–Kier alpha value is -1.30. The minimum absolute atomic E-state index is 0.0614. The van der Waals surface area contributed by atoms with Gasteiger partial charge in [0, 0.05) is 45.2 Å². The number of fused-ring (bicyclic) bond motifs is 2. The second kappa shape index (κ2) is 13.8. The zero-order valence-electron chi connectivity index (χ0n) is 19.1. The van der Waals surface area contributed by atoms with Gasteiger partial charge < -0.3 is 14.2 Å². The van der Waals surface area contributed by atoms with Crippen LogP contribution >= 0.6 is 0 Å². The first-order chi connectivity index (χ1) is 14.1. The number of rotatable bonds is 8. The van der Waals surface area contributed by atoms with Crippen LogP contribution in [0.5, 0.6) is 11.5 Å². The molecule has 1 aliphatic rings. The Balaban J connectivity index is 2.12. The summed E-state index contributed by atoms with van der Waals surface area (Å²) in [6, 6.07) is 8.15. The van der Waals surface area contributed by atoms with Crippen molar-refractivity contribution in [2.24, 2.45) is 0 Å². The lowest BCUT2D eigenvalue weighted by molar-refractivity contribution is 0.0131. The van der Waals surface area contributed by atoms with Crippen LogP contribution in [0.25, 0.3) is 0 Å². The number of hydrogen-bond donors (Lipinski definition) is 0. The van der Waals surface area contributed by atoms with Crippen molar-refractivity contribution < 1.29 is 14.2 Å². The molecule has 1 aromatic rings. The van der Waals surface area contributed by atoms with E-state index in [4.69, 9.17) is 14.2 Å². The fraction of sp³-hybridized carbons (Fsp3) is 0.750. The third kappa shape index (κ3) is 8.93. The van der Waals surface area contributed by atoms with Gasteiger partial charge in [0.1, 0.15) is 11.5 Å². The SMILES string of the molecule is CCCCN(C)C1CCCOCCCC(N(C)CCCC)Oc2cccc(c2)O1. The average molecular weight is 407 g/mol. The molecule has 0 fully saturated rings. The Kier molecular flexibility index (Phi) is 11.4. The van der Waals surface area contributed by atoms with E-state index in [1.54, 1.807) is 0 Å². The van der Waals surface area contributed by atoms with Crippen molar-refractivity contribution in [2.75, 3.05) is 40.4 Å². The molecule has 2 bridgehead atoms. The number of unbranched alkanes of at least 4 members (excludes halogenated alkanes) is 2. The number of nitrogens with zero attached hydrogens (tertiary/aromatic N) is 2. The van der Waals surface area contributed by atoms with E-state index in [9.17, 15) is 0 Å². The lowest BCUT2D eigenvalue weighted by Gasteiger charge is -2.31. The lowest BCUT2D eigenvalue weighted by atomic mass is 10.2. The van der Waals surface area contributed by atoms with Gasteiger partial charge in [-0.1, -0.05) is 32.8 Å². The van der Waals surface area contributed by atoms with E-state index in [1.807, 2.05) is 24.3 Å². The third-order valence-corrected chi connectivity index (χ3v) is 5.54. The molecule has 0 saturated heterocycles. The zero-order chi connectivity index (χ0) is 20.9. The van der Waals surface area contributed by atoms with Crippen LogP contribution in [0, 0.1) is 0 Å². The molecule has 0 spiro atoms. The maximum atomic E-state index is 6.40. The third-order valence-electron chi connectivity index (χ3n) is 5.54. The van der Waals surface area contributed by atoms with E-state index < -0.39 is 0 Å². The minimum atomic E-state index is 0.0614. The molecule has 5 heteroatoms. The van der Waals surface area contributed by atoms with Gasteiger partial charge in [-0.05, 0) is 51.9 Å². The first-order valence-corrected chi connectivity index (χ1v) is 11.6. The molecule has 0 aromatic heterocycles. The summed E-state index contributed by atoms with van der Waals surface area (Å²) in [4.78, 5) is 4.65. The molecule has 0 radical (unpaired) electrons. The summed E-state index contributed by atoms with van der Waals surface area (Å²) in [6.07, 6.45) is 8.82. The molecule has 2 unspecified atom stereocenters. The molecule has 1 heterocycles. The molecule has 0 aliphatic carbocycles. The van der Waals surface area contributed by atoms with E-state index in [2.05, 4.69) is 37.7 Å². The van der Waals surface area contributed by atoms with Crippen molar-refractivity contribution in [3.8, 4) is 11.5 Å². The molecular weight excluding hydrogens is 364 g/mol. The highest BCUT2D eigenvalue weighted by Crippen LogP contribution is 2.25. The summed E-state index contributed by atoms with van der Waals surface area (Å²) >= 11 is 0. The van der Waals surface area contributed by atoms with Crippen molar-refractivity contribution in [1.82, 2.24) is 9.80 Å². The molecule has 2 atom stereocenters. The normalized spacial score (nSPS) is 21.4. The molecule has 0 N–H and O–H groups in total. The molecule has 5 nitrogen and oxygen atoms in total. The predicted molar refractivity (Wildman–Crippen MR) is 120 cm³/mol. The van der Waals surface area contributed by atoms with Crippen molar-refractivity contribution in [3.63, 3.8) is 0 Å². The standard InChI is InChI=1S/C24H42N2O3/c1-5-7-16-25(3)23-14-10-18-27-19-11-15-24(26(4)17-8-6-2)29-22-13-9-12-21(20-22)28-23/h9,12-13,20,23-24H,5-8,10-11,14-19H2,1-4H3. The summed E-state index contributed by atoms with van der Waals surface area (Å²) in [5.74, 6) is 1.76. The smallest absolute Gasteiger partial charge is 0.152 e. The van der Waals surface area contributed by atoms with Crippen LogP contribution in [-0.2, 0) is 4.74 Å². The van der Waals surface area contributed by atoms with Gasteiger partial charge in [-0.25, -0.2) is 0 Å². The van der Waals surface area contributed by atoms with Crippen LogP contribution in [0.1, 0.15) is 65.2 Å². The summed E-state index contributed by atoms with van der Waals surface area (Å²) in [5, 5.41) is 0. The number of hydrogen-bond acceptors (Lipinski definition) is 5. The highest BCUT2D eigenvalue weighted by Gasteiger charge is 2.19.